The summed E-state index contributed by atoms with van der Waals surface area (Å²) < 4.78 is 0.962. The molecule has 7 heavy (non-hydrogen) atoms. The van der Waals surface area contributed by atoms with Crippen LogP contribution in [0.4, 0.5) is 0 Å². The summed E-state index contributed by atoms with van der Waals surface area (Å²) in [5.41, 5.74) is 0. The van der Waals surface area contributed by atoms with Crippen LogP contribution < -0.4 is 0 Å². The molecular weight excluding hydrogens is 90.1 g/mol. The Labute approximate surface area is 42.4 Å². The number of nitrogens with zero attached hydrogens (tertiary/aromatic N) is 1. The second-order valence-electron chi connectivity index (χ2n) is 1.67. The van der Waals surface area contributed by atoms with Gasteiger partial charge in [0.05, 0.1) is 0 Å². The van der Waals surface area contributed by atoms with E-state index in [0.717, 1.165) is 17.6 Å². The van der Waals surface area contributed by atoms with Gasteiger partial charge in [0.2, 0.25) is 6.20 Å². The average molecular weight is 98.1 g/mol. The summed E-state index contributed by atoms with van der Waals surface area (Å²) in [5, 5.41) is 0. The lowest BCUT2D eigenvalue weighted by Gasteiger charge is -1.90. The first-order chi connectivity index (χ1) is 3.39. The third-order valence-electron chi connectivity index (χ3n) is 1.02. The van der Waals surface area contributed by atoms with Crippen molar-refractivity contribution in [3.05, 3.63) is 17.2 Å². The molecule has 38 valence electrons. The van der Waals surface area contributed by atoms with Crippen LogP contribution in [0.25, 0.3) is 0 Å². The molecule has 1 aliphatic heterocycles. The lowest BCUT2D eigenvalue weighted by Crippen LogP contribution is -2.04. The second kappa shape index (κ2) is 1.87. The maximum Gasteiger partial charge on any atom is 0.216 e. The highest BCUT2D eigenvalue weighted by molar-refractivity contribution is 4.74. The van der Waals surface area contributed by atoms with E-state index in [2.05, 4.69) is 0 Å². The molecule has 0 atom stereocenters. The molecule has 0 radical (unpaired) electrons. The van der Waals surface area contributed by atoms with E-state index in [-0.39, 0.29) is 0 Å². The Balaban J connectivity index is 2.51. The molecule has 1 heterocycles. The number of hydrogen-bond acceptors (Lipinski definition) is 1. The van der Waals surface area contributed by atoms with Gasteiger partial charge in [-0.15, -0.1) is 0 Å². The third kappa shape index (κ3) is 1.11. The molecule has 2 heteroatoms. The van der Waals surface area contributed by atoms with E-state index in [0.29, 0.717) is 6.54 Å². The van der Waals surface area contributed by atoms with Gasteiger partial charge in [0.15, 0.2) is 6.54 Å². The lowest BCUT2D eigenvalue weighted by molar-refractivity contribution is -0.483. The third-order valence-corrected chi connectivity index (χ3v) is 1.02. The van der Waals surface area contributed by atoms with Crippen molar-refractivity contribution in [2.45, 2.75) is 12.8 Å². The summed E-state index contributed by atoms with van der Waals surface area (Å²) in [4.78, 5) is 10.3. The number of hydrogen-bond donors (Lipinski definition) is 0. The monoisotopic (exact) mass is 98.1 g/mol. The van der Waals surface area contributed by atoms with Crippen LogP contribution in [0.3, 0.4) is 0 Å². The van der Waals surface area contributed by atoms with Crippen molar-refractivity contribution in [2.75, 3.05) is 6.54 Å². The van der Waals surface area contributed by atoms with Crippen LogP contribution in [0.15, 0.2) is 12.3 Å². The quantitative estimate of drug-likeness (QED) is 0.415. The van der Waals surface area contributed by atoms with Crippen LogP contribution in [0.1, 0.15) is 12.8 Å². The molecule has 0 aromatic carbocycles. The van der Waals surface area contributed by atoms with Crippen molar-refractivity contribution in [2.24, 2.45) is 0 Å². The van der Waals surface area contributed by atoms with Crippen LogP contribution in [0, 0.1) is 4.91 Å². The van der Waals surface area contributed by atoms with Crippen molar-refractivity contribution in [1.29, 1.82) is 0 Å². The minimum Gasteiger partial charge on any atom is -0.0226 e. The normalized spacial score (nSPS) is 20.3. The van der Waals surface area contributed by atoms with E-state index in [1.807, 2.05) is 6.08 Å². The Morgan fingerprint density at radius 1 is 1.57 bits per heavy atom. The Morgan fingerprint density at radius 2 is 2.43 bits per heavy atom. The standard InChI is InChI=1S/C5H8NO/c7-6-4-2-1-3-5-6/h2,4H,1,3,5H2/q+1. The fraction of sp³-hybridized carbons (Fsp3) is 0.600. The van der Waals surface area contributed by atoms with Gasteiger partial charge in [0.1, 0.15) is 0 Å². The van der Waals surface area contributed by atoms with Gasteiger partial charge in [0.25, 0.3) is 0 Å². The average Bonchev–Trinajstić information content (AvgIpc) is 1.69. The lowest BCUT2D eigenvalue weighted by atomic mass is 10.2. The largest absolute Gasteiger partial charge is 0.216 e. The summed E-state index contributed by atoms with van der Waals surface area (Å²) in [6, 6.07) is 0. The van der Waals surface area contributed by atoms with Crippen LogP contribution in [-0.4, -0.2) is 11.3 Å². The molecule has 0 saturated carbocycles. The molecule has 0 spiro atoms. The molecule has 0 N–H and O–H groups in total. The van der Waals surface area contributed by atoms with Crippen molar-refractivity contribution < 1.29 is 4.76 Å². The SMILES string of the molecule is O=[N+]1C=CCCC1. The van der Waals surface area contributed by atoms with Gasteiger partial charge in [-0.25, -0.2) is 0 Å². The van der Waals surface area contributed by atoms with E-state index in [4.69, 9.17) is 0 Å². The first-order valence-electron chi connectivity index (χ1n) is 2.50. The molecular formula is C5H8NO+. The van der Waals surface area contributed by atoms with Gasteiger partial charge in [-0.05, 0) is 12.5 Å². The fourth-order valence-corrected chi connectivity index (χ4v) is 0.632. The first kappa shape index (κ1) is 4.50. The maximum absolute atomic E-state index is 10.3. The topological polar surface area (TPSA) is 20.1 Å². The Kier molecular flexibility index (Phi) is 1.20. The number of allylic oxidation sites excluding steroid dienone is 1. The van der Waals surface area contributed by atoms with E-state index < -0.39 is 0 Å². The van der Waals surface area contributed by atoms with Crippen LogP contribution in [-0.2, 0) is 0 Å². The van der Waals surface area contributed by atoms with Gasteiger partial charge < -0.3 is 0 Å². The van der Waals surface area contributed by atoms with Crippen LogP contribution >= 0.6 is 0 Å². The first-order valence-corrected chi connectivity index (χ1v) is 2.50. The molecule has 1 aliphatic rings. The van der Waals surface area contributed by atoms with E-state index in [1.54, 1.807) is 6.20 Å². The summed E-state index contributed by atoms with van der Waals surface area (Å²) in [6.07, 6.45) is 5.57. The second-order valence-corrected chi connectivity index (χ2v) is 1.67. The van der Waals surface area contributed by atoms with Gasteiger partial charge in [-0.3, -0.25) is 0 Å². The van der Waals surface area contributed by atoms with E-state index in [1.165, 1.54) is 0 Å². The molecule has 0 bridgehead atoms. The minimum atomic E-state index is 0.677. The summed E-state index contributed by atoms with van der Waals surface area (Å²) >= 11 is 0. The molecule has 0 aromatic rings. The molecule has 2 nitrogen and oxygen atoms in total. The molecule has 0 aromatic heterocycles. The highest BCUT2D eigenvalue weighted by Crippen LogP contribution is 1.97. The zero-order valence-corrected chi connectivity index (χ0v) is 4.13. The van der Waals surface area contributed by atoms with E-state index >= 15 is 0 Å². The predicted molar refractivity (Wildman–Crippen MR) is 26.9 cm³/mol. The van der Waals surface area contributed by atoms with Crippen molar-refractivity contribution in [3.8, 4) is 0 Å². The van der Waals surface area contributed by atoms with Gasteiger partial charge in [-0.2, -0.15) is 0 Å². The maximum atomic E-state index is 10.3. The van der Waals surface area contributed by atoms with Crippen LogP contribution in [0.2, 0.25) is 0 Å². The molecule has 1 rings (SSSR count). The predicted octanol–water partition coefficient (Wildman–Crippen LogP) is 1.07. The molecule has 0 fully saturated rings. The molecule has 0 aliphatic carbocycles. The van der Waals surface area contributed by atoms with Gasteiger partial charge in [0, 0.05) is 16.1 Å². The Bertz CT molecular complexity index is 107. The zero-order valence-electron chi connectivity index (χ0n) is 4.13. The molecule has 0 unspecified atom stereocenters. The summed E-state index contributed by atoms with van der Waals surface area (Å²) in [6.45, 7) is 0.677. The van der Waals surface area contributed by atoms with Crippen molar-refractivity contribution in [1.82, 2.24) is 0 Å². The van der Waals surface area contributed by atoms with Crippen LogP contribution in [0.5, 0.6) is 0 Å². The Hall–Kier alpha value is -0.660. The van der Waals surface area contributed by atoms with Gasteiger partial charge >= 0.3 is 0 Å². The fourth-order valence-electron chi connectivity index (χ4n) is 0.632. The highest BCUT2D eigenvalue weighted by atomic mass is 16.3. The summed E-state index contributed by atoms with van der Waals surface area (Å²) in [5.74, 6) is 0. The number of rotatable bonds is 0. The highest BCUT2D eigenvalue weighted by Gasteiger charge is 2.05. The van der Waals surface area contributed by atoms with Crippen molar-refractivity contribution in [3.63, 3.8) is 0 Å². The minimum absolute atomic E-state index is 0.677. The number of nitroso groups, excluding NO2 is 1. The zero-order chi connectivity index (χ0) is 5.11. The van der Waals surface area contributed by atoms with E-state index in [9.17, 15) is 4.91 Å². The van der Waals surface area contributed by atoms with Gasteiger partial charge in [-0.1, -0.05) is 0 Å². The smallest absolute Gasteiger partial charge is 0.0226 e. The molecule has 0 amide bonds. The Morgan fingerprint density at radius 3 is 2.71 bits per heavy atom. The summed E-state index contributed by atoms with van der Waals surface area (Å²) in [7, 11) is 0. The molecule has 0 saturated heterocycles. The van der Waals surface area contributed by atoms with Crippen molar-refractivity contribution >= 4 is 0 Å².